The number of thiophene rings is 1. The minimum atomic E-state index is -2.52. The molecule has 2 aromatic rings. The van der Waals surface area contributed by atoms with E-state index in [2.05, 4.69) is 15.9 Å². The molecule has 0 fully saturated rings. The Morgan fingerprint density at radius 2 is 2.07 bits per heavy atom. The molecular weight excluding hydrogens is 294 g/mol. The quantitative estimate of drug-likeness (QED) is 0.674. The van der Waals surface area contributed by atoms with E-state index >= 15 is 0 Å². The van der Waals surface area contributed by atoms with Gasteiger partial charge in [-0.25, -0.2) is 8.78 Å². The van der Waals surface area contributed by atoms with Crippen LogP contribution in [0.15, 0.2) is 22.0 Å². The summed E-state index contributed by atoms with van der Waals surface area (Å²) in [7, 11) is 0. The number of hydrogen-bond donors (Lipinski definition) is 0. The Bertz CT molecular complexity index is 481. The van der Waals surface area contributed by atoms with Gasteiger partial charge in [0.1, 0.15) is 0 Å². The van der Waals surface area contributed by atoms with E-state index in [-0.39, 0.29) is 10.6 Å². The highest BCUT2D eigenvalue weighted by atomic mass is 79.9. The van der Waals surface area contributed by atoms with Crippen LogP contribution in [0.5, 0.6) is 0 Å². The first-order chi connectivity index (χ1) is 6.61. The molecule has 0 aliphatic carbocycles. The Balaban J connectivity index is 2.76. The molecule has 0 spiro atoms. The number of alkyl halides is 2. The molecule has 0 bridgehead atoms. The standard InChI is InChI=1S/C9H4BrClF2S/c10-6-3-14-8-4(6)1-2-5(7(8)11)9(12)13/h1-3,9H. The second-order valence-corrected chi connectivity index (χ2v) is 4.84. The predicted octanol–water partition coefficient (Wildman–Crippen LogP) is 5.25. The maximum atomic E-state index is 12.5. The Kier molecular flexibility index (Phi) is 2.77. The molecule has 0 unspecified atom stereocenters. The Morgan fingerprint density at radius 3 is 2.71 bits per heavy atom. The third kappa shape index (κ3) is 1.55. The van der Waals surface area contributed by atoms with Crippen LogP contribution in [0.25, 0.3) is 10.1 Å². The third-order valence-electron chi connectivity index (χ3n) is 1.90. The molecule has 0 amide bonds. The summed E-state index contributed by atoms with van der Waals surface area (Å²) in [6.07, 6.45) is -2.52. The van der Waals surface area contributed by atoms with Crippen molar-refractivity contribution < 1.29 is 8.78 Å². The first-order valence-electron chi connectivity index (χ1n) is 3.74. The number of benzene rings is 1. The van der Waals surface area contributed by atoms with E-state index in [1.54, 1.807) is 6.07 Å². The van der Waals surface area contributed by atoms with E-state index in [1.807, 2.05) is 5.38 Å². The first-order valence-corrected chi connectivity index (χ1v) is 5.79. The van der Waals surface area contributed by atoms with Crippen molar-refractivity contribution >= 4 is 49.0 Å². The Labute approximate surface area is 96.6 Å². The normalized spacial score (nSPS) is 11.5. The number of hydrogen-bond acceptors (Lipinski definition) is 1. The van der Waals surface area contributed by atoms with Gasteiger partial charge in [-0.15, -0.1) is 11.3 Å². The fraction of sp³-hybridized carbons (Fsp3) is 0.111. The molecule has 1 heterocycles. The van der Waals surface area contributed by atoms with Gasteiger partial charge in [0.05, 0.1) is 9.72 Å². The number of halogens is 4. The second-order valence-electron chi connectivity index (χ2n) is 2.73. The molecular formula is C9H4BrClF2S. The minimum absolute atomic E-state index is 0.103. The monoisotopic (exact) mass is 296 g/mol. The van der Waals surface area contributed by atoms with Gasteiger partial charge in [-0.2, -0.15) is 0 Å². The summed E-state index contributed by atoms with van der Waals surface area (Å²) in [5, 5.41) is 2.88. The van der Waals surface area contributed by atoms with Crippen LogP contribution in [0.4, 0.5) is 8.78 Å². The zero-order valence-corrected chi connectivity index (χ0v) is 9.89. The summed E-state index contributed by atoms with van der Waals surface area (Å²) < 4.78 is 26.5. The van der Waals surface area contributed by atoms with Gasteiger partial charge in [-0.1, -0.05) is 23.7 Å². The van der Waals surface area contributed by atoms with Crippen molar-refractivity contribution in [3.05, 3.63) is 32.6 Å². The Hall–Kier alpha value is -0.190. The molecule has 0 radical (unpaired) electrons. The van der Waals surface area contributed by atoms with E-state index < -0.39 is 6.43 Å². The molecule has 0 aliphatic heterocycles. The third-order valence-corrected chi connectivity index (χ3v) is 4.39. The van der Waals surface area contributed by atoms with Crippen LogP contribution in [0.3, 0.4) is 0 Å². The summed E-state index contributed by atoms with van der Waals surface area (Å²) in [6.45, 7) is 0. The molecule has 0 saturated carbocycles. The van der Waals surface area contributed by atoms with Crippen LogP contribution in [0.1, 0.15) is 12.0 Å². The van der Waals surface area contributed by atoms with E-state index in [4.69, 9.17) is 11.6 Å². The lowest BCUT2D eigenvalue weighted by Crippen LogP contribution is -1.84. The second kappa shape index (κ2) is 3.76. The van der Waals surface area contributed by atoms with E-state index in [0.29, 0.717) is 4.70 Å². The van der Waals surface area contributed by atoms with Crippen molar-refractivity contribution in [1.29, 1.82) is 0 Å². The van der Waals surface area contributed by atoms with Crippen molar-refractivity contribution in [2.45, 2.75) is 6.43 Å². The molecule has 0 atom stereocenters. The van der Waals surface area contributed by atoms with Crippen molar-refractivity contribution in [2.24, 2.45) is 0 Å². The minimum Gasteiger partial charge on any atom is -0.205 e. The van der Waals surface area contributed by atoms with Crippen molar-refractivity contribution in [1.82, 2.24) is 0 Å². The van der Waals surface area contributed by atoms with Crippen LogP contribution < -0.4 is 0 Å². The molecule has 5 heteroatoms. The van der Waals surface area contributed by atoms with Gasteiger partial charge < -0.3 is 0 Å². The Morgan fingerprint density at radius 1 is 1.36 bits per heavy atom. The molecule has 2 rings (SSSR count). The van der Waals surface area contributed by atoms with Crippen LogP contribution in [-0.2, 0) is 0 Å². The van der Waals surface area contributed by atoms with Gasteiger partial charge in [0.15, 0.2) is 0 Å². The van der Waals surface area contributed by atoms with Gasteiger partial charge >= 0.3 is 0 Å². The van der Waals surface area contributed by atoms with Gasteiger partial charge in [0.2, 0.25) is 0 Å². The SMILES string of the molecule is FC(F)c1ccc2c(Br)csc2c1Cl. The lowest BCUT2D eigenvalue weighted by molar-refractivity contribution is 0.151. The number of rotatable bonds is 1. The van der Waals surface area contributed by atoms with Gasteiger partial charge in [0, 0.05) is 20.8 Å². The van der Waals surface area contributed by atoms with Gasteiger partial charge in [0.25, 0.3) is 6.43 Å². The van der Waals surface area contributed by atoms with Gasteiger partial charge in [-0.3, -0.25) is 0 Å². The largest absolute Gasteiger partial charge is 0.265 e. The summed E-state index contributed by atoms with van der Waals surface area (Å²) >= 11 is 10.5. The van der Waals surface area contributed by atoms with Crippen molar-refractivity contribution in [2.75, 3.05) is 0 Å². The molecule has 74 valence electrons. The molecule has 0 N–H and O–H groups in total. The molecule has 0 aliphatic rings. The summed E-state index contributed by atoms with van der Waals surface area (Å²) in [5.74, 6) is 0. The van der Waals surface area contributed by atoms with Crippen LogP contribution in [0, 0.1) is 0 Å². The van der Waals surface area contributed by atoms with Gasteiger partial charge in [-0.05, 0) is 15.9 Å². The average molecular weight is 298 g/mol. The van der Waals surface area contributed by atoms with E-state index in [1.165, 1.54) is 17.4 Å². The highest BCUT2D eigenvalue weighted by Gasteiger charge is 2.15. The molecule has 14 heavy (non-hydrogen) atoms. The van der Waals surface area contributed by atoms with E-state index in [0.717, 1.165) is 9.86 Å². The smallest absolute Gasteiger partial charge is 0.205 e. The molecule has 0 nitrogen and oxygen atoms in total. The molecule has 1 aromatic heterocycles. The summed E-state index contributed by atoms with van der Waals surface area (Å²) in [5.41, 5.74) is -0.103. The average Bonchev–Trinajstić information content (AvgIpc) is 2.49. The maximum Gasteiger partial charge on any atom is 0.265 e. The lowest BCUT2D eigenvalue weighted by Gasteiger charge is -2.03. The fourth-order valence-corrected chi connectivity index (χ4v) is 3.21. The van der Waals surface area contributed by atoms with Crippen LogP contribution in [0.2, 0.25) is 5.02 Å². The van der Waals surface area contributed by atoms with Crippen molar-refractivity contribution in [3.8, 4) is 0 Å². The zero-order valence-electron chi connectivity index (χ0n) is 6.73. The van der Waals surface area contributed by atoms with Crippen molar-refractivity contribution in [3.63, 3.8) is 0 Å². The maximum absolute atomic E-state index is 12.5. The number of fused-ring (bicyclic) bond motifs is 1. The lowest BCUT2D eigenvalue weighted by atomic mass is 10.2. The topological polar surface area (TPSA) is 0 Å². The molecule has 0 saturated heterocycles. The predicted molar refractivity (Wildman–Crippen MR) is 59.5 cm³/mol. The van der Waals surface area contributed by atoms with Crippen LogP contribution in [-0.4, -0.2) is 0 Å². The molecule has 1 aromatic carbocycles. The summed E-state index contributed by atoms with van der Waals surface area (Å²) in [4.78, 5) is 0. The highest BCUT2D eigenvalue weighted by Crippen LogP contribution is 2.39. The van der Waals surface area contributed by atoms with E-state index in [9.17, 15) is 8.78 Å². The first kappa shape index (κ1) is 10.3. The summed E-state index contributed by atoms with van der Waals surface area (Å²) in [6, 6.07) is 3.02. The zero-order chi connectivity index (χ0) is 10.3. The van der Waals surface area contributed by atoms with Crippen LogP contribution >= 0.6 is 38.9 Å². The highest BCUT2D eigenvalue weighted by molar-refractivity contribution is 9.10. The fourth-order valence-electron chi connectivity index (χ4n) is 1.22.